The van der Waals surface area contributed by atoms with E-state index in [2.05, 4.69) is 0 Å². The fourth-order valence-corrected chi connectivity index (χ4v) is 1.87. The smallest absolute Gasteiger partial charge is 0.372 e. The average Bonchev–Trinajstić information content (AvgIpc) is 2.88. The SMILES string of the molecule is Cc1cc(COCC2CCOC2)oc1C(=O)O. The van der Waals surface area contributed by atoms with Crippen LogP contribution in [0.4, 0.5) is 0 Å². The van der Waals surface area contributed by atoms with Crippen LogP contribution in [-0.2, 0) is 16.1 Å². The van der Waals surface area contributed by atoms with Crippen molar-refractivity contribution in [2.75, 3.05) is 19.8 Å². The molecule has 5 nitrogen and oxygen atoms in total. The van der Waals surface area contributed by atoms with E-state index in [1.807, 2.05) is 0 Å². The van der Waals surface area contributed by atoms with Gasteiger partial charge in [-0.2, -0.15) is 0 Å². The van der Waals surface area contributed by atoms with E-state index in [0.29, 0.717) is 30.5 Å². The Morgan fingerprint density at radius 3 is 3.06 bits per heavy atom. The van der Waals surface area contributed by atoms with E-state index >= 15 is 0 Å². The van der Waals surface area contributed by atoms with Crippen molar-refractivity contribution in [3.8, 4) is 0 Å². The molecule has 0 spiro atoms. The summed E-state index contributed by atoms with van der Waals surface area (Å²) in [6.45, 7) is 4.20. The summed E-state index contributed by atoms with van der Waals surface area (Å²) in [6.07, 6.45) is 1.03. The zero-order valence-corrected chi connectivity index (χ0v) is 9.77. The van der Waals surface area contributed by atoms with Gasteiger partial charge in [0.2, 0.25) is 5.76 Å². The van der Waals surface area contributed by atoms with E-state index in [-0.39, 0.29) is 5.76 Å². The van der Waals surface area contributed by atoms with Gasteiger partial charge >= 0.3 is 5.97 Å². The predicted molar refractivity (Wildman–Crippen MR) is 59.0 cm³/mol. The molecule has 0 radical (unpaired) electrons. The van der Waals surface area contributed by atoms with Crippen LogP contribution in [-0.4, -0.2) is 30.9 Å². The number of furan rings is 1. The van der Waals surface area contributed by atoms with Crippen LogP contribution >= 0.6 is 0 Å². The van der Waals surface area contributed by atoms with Gasteiger partial charge < -0.3 is 19.0 Å². The normalized spacial score (nSPS) is 19.7. The summed E-state index contributed by atoms with van der Waals surface area (Å²) in [6, 6.07) is 1.70. The molecule has 0 saturated carbocycles. The molecule has 1 unspecified atom stereocenters. The van der Waals surface area contributed by atoms with Crippen LogP contribution < -0.4 is 0 Å². The molecule has 1 atom stereocenters. The van der Waals surface area contributed by atoms with Crippen LogP contribution in [0.25, 0.3) is 0 Å². The molecule has 5 heteroatoms. The van der Waals surface area contributed by atoms with Gasteiger partial charge in [0.1, 0.15) is 12.4 Å². The highest BCUT2D eigenvalue weighted by Gasteiger charge is 2.17. The fraction of sp³-hybridized carbons (Fsp3) is 0.583. The van der Waals surface area contributed by atoms with Crippen LogP contribution in [0.3, 0.4) is 0 Å². The van der Waals surface area contributed by atoms with Crippen molar-refractivity contribution in [3.63, 3.8) is 0 Å². The summed E-state index contributed by atoms with van der Waals surface area (Å²) in [5.41, 5.74) is 0.625. The van der Waals surface area contributed by atoms with Crippen LogP contribution in [0.5, 0.6) is 0 Å². The second kappa shape index (κ2) is 5.33. The van der Waals surface area contributed by atoms with Gasteiger partial charge in [-0.15, -0.1) is 0 Å². The Morgan fingerprint density at radius 1 is 1.65 bits per heavy atom. The molecule has 2 heterocycles. The highest BCUT2D eigenvalue weighted by molar-refractivity contribution is 5.86. The number of carbonyl (C=O) groups is 1. The minimum atomic E-state index is -1.04. The molecule has 1 saturated heterocycles. The van der Waals surface area contributed by atoms with Gasteiger partial charge in [0.25, 0.3) is 0 Å². The van der Waals surface area contributed by atoms with Gasteiger partial charge in [-0.1, -0.05) is 0 Å². The van der Waals surface area contributed by atoms with Gasteiger partial charge in [0, 0.05) is 18.1 Å². The molecule has 1 aromatic heterocycles. The summed E-state index contributed by atoms with van der Waals surface area (Å²) < 4.78 is 15.9. The molecule has 1 fully saturated rings. The third-order valence-electron chi connectivity index (χ3n) is 2.78. The van der Waals surface area contributed by atoms with Gasteiger partial charge in [-0.3, -0.25) is 0 Å². The molecule has 2 rings (SSSR count). The lowest BCUT2D eigenvalue weighted by Gasteiger charge is -2.06. The molecule has 1 N–H and O–H groups in total. The standard InChI is InChI=1S/C12H16O5/c1-8-4-10(17-11(8)12(13)14)7-16-6-9-2-3-15-5-9/h4,9H,2-3,5-7H2,1H3,(H,13,14). The molecule has 0 bridgehead atoms. The van der Waals surface area contributed by atoms with Gasteiger partial charge in [0.05, 0.1) is 13.2 Å². The molecular weight excluding hydrogens is 224 g/mol. The van der Waals surface area contributed by atoms with E-state index in [4.69, 9.17) is 19.0 Å². The summed E-state index contributed by atoms with van der Waals surface area (Å²) in [7, 11) is 0. The molecule has 0 amide bonds. The van der Waals surface area contributed by atoms with Gasteiger partial charge in [-0.25, -0.2) is 4.79 Å². The lowest BCUT2D eigenvalue weighted by molar-refractivity contribution is 0.0606. The topological polar surface area (TPSA) is 68.9 Å². The summed E-state index contributed by atoms with van der Waals surface area (Å²) >= 11 is 0. The van der Waals surface area contributed by atoms with Crippen molar-refractivity contribution in [2.24, 2.45) is 5.92 Å². The first kappa shape index (κ1) is 12.1. The maximum atomic E-state index is 10.8. The van der Waals surface area contributed by atoms with Gasteiger partial charge in [0.15, 0.2) is 0 Å². The molecule has 1 aliphatic heterocycles. The van der Waals surface area contributed by atoms with Crippen molar-refractivity contribution in [1.82, 2.24) is 0 Å². The second-order valence-electron chi connectivity index (χ2n) is 4.27. The van der Waals surface area contributed by atoms with E-state index in [1.165, 1.54) is 0 Å². The number of hydrogen-bond acceptors (Lipinski definition) is 4. The third-order valence-corrected chi connectivity index (χ3v) is 2.78. The first-order chi connectivity index (χ1) is 8.16. The van der Waals surface area contributed by atoms with Crippen molar-refractivity contribution in [1.29, 1.82) is 0 Å². The summed E-state index contributed by atoms with van der Waals surface area (Å²) in [5, 5.41) is 8.83. The largest absolute Gasteiger partial charge is 0.475 e. The fourth-order valence-electron chi connectivity index (χ4n) is 1.87. The highest BCUT2D eigenvalue weighted by Crippen LogP contribution is 2.17. The highest BCUT2D eigenvalue weighted by atomic mass is 16.5. The predicted octanol–water partition coefficient (Wildman–Crippen LogP) is 1.84. The summed E-state index contributed by atoms with van der Waals surface area (Å²) in [4.78, 5) is 10.8. The zero-order valence-electron chi connectivity index (χ0n) is 9.77. The van der Waals surface area contributed by atoms with E-state index in [1.54, 1.807) is 13.0 Å². The van der Waals surface area contributed by atoms with Crippen LogP contribution in [0.1, 0.15) is 28.3 Å². The Morgan fingerprint density at radius 2 is 2.47 bits per heavy atom. The monoisotopic (exact) mass is 240 g/mol. The Kier molecular flexibility index (Phi) is 3.81. The van der Waals surface area contributed by atoms with E-state index in [0.717, 1.165) is 19.6 Å². The molecular formula is C12H16O5. The summed E-state index contributed by atoms with van der Waals surface area (Å²) in [5.74, 6) is -0.0467. The minimum Gasteiger partial charge on any atom is -0.475 e. The van der Waals surface area contributed by atoms with Crippen molar-refractivity contribution >= 4 is 5.97 Å². The molecule has 0 aliphatic carbocycles. The Bertz CT molecular complexity index is 390. The minimum absolute atomic E-state index is 0.00667. The van der Waals surface area contributed by atoms with Crippen molar-refractivity contribution in [3.05, 3.63) is 23.2 Å². The number of hydrogen-bond donors (Lipinski definition) is 1. The Hall–Kier alpha value is -1.33. The molecule has 1 aromatic rings. The maximum Gasteiger partial charge on any atom is 0.372 e. The number of carboxylic acid groups (broad SMARTS) is 1. The van der Waals surface area contributed by atoms with Gasteiger partial charge in [-0.05, 0) is 19.4 Å². The third kappa shape index (κ3) is 3.08. The number of aryl methyl sites for hydroxylation is 1. The van der Waals surface area contributed by atoms with Crippen molar-refractivity contribution in [2.45, 2.75) is 20.0 Å². The quantitative estimate of drug-likeness (QED) is 0.850. The van der Waals surface area contributed by atoms with Crippen LogP contribution in [0.15, 0.2) is 10.5 Å². The molecule has 17 heavy (non-hydrogen) atoms. The van der Waals surface area contributed by atoms with E-state index < -0.39 is 5.97 Å². The number of ether oxygens (including phenoxy) is 2. The van der Waals surface area contributed by atoms with Crippen molar-refractivity contribution < 1.29 is 23.8 Å². The number of rotatable bonds is 5. The lowest BCUT2D eigenvalue weighted by atomic mass is 10.1. The maximum absolute atomic E-state index is 10.8. The molecule has 0 aromatic carbocycles. The Labute approximate surface area is 99.3 Å². The Balaban J connectivity index is 1.82. The first-order valence-corrected chi connectivity index (χ1v) is 5.65. The second-order valence-corrected chi connectivity index (χ2v) is 4.27. The van der Waals surface area contributed by atoms with E-state index in [9.17, 15) is 4.79 Å². The van der Waals surface area contributed by atoms with Crippen LogP contribution in [0.2, 0.25) is 0 Å². The molecule has 1 aliphatic rings. The number of carboxylic acids is 1. The number of aromatic carboxylic acids is 1. The van der Waals surface area contributed by atoms with Crippen LogP contribution in [0, 0.1) is 12.8 Å². The molecule has 94 valence electrons. The lowest BCUT2D eigenvalue weighted by Crippen LogP contribution is -2.08. The zero-order chi connectivity index (χ0) is 12.3. The first-order valence-electron chi connectivity index (χ1n) is 5.65. The average molecular weight is 240 g/mol.